The lowest BCUT2D eigenvalue weighted by atomic mass is 9.95. The van der Waals surface area contributed by atoms with Gasteiger partial charge in [-0.25, -0.2) is 0 Å². The third-order valence-corrected chi connectivity index (χ3v) is 5.70. The minimum Gasteiger partial charge on any atom is -0.341 e. The number of carbonyl (C=O) groups excluding carboxylic acids is 2. The highest BCUT2D eigenvalue weighted by molar-refractivity contribution is 5.93. The number of amides is 2. The molecule has 4 rings (SSSR count). The van der Waals surface area contributed by atoms with Crippen molar-refractivity contribution in [3.8, 4) is 11.1 Å². The smallest absolute Gasteiger partial charge is 0.272 e. The van der Waals surface area contributed by atoms with Gasteiger partial charge in [0.05, 0.1) is 5.92 Å². The first kappa shape index (κ1) is 20.7. The number of pyridine rings is 2. The van der Waals surface area contributed by atoms with Crippen molar-refractivity contribution in [1.29, 1.82) is 0 Å². The summed E-state index contributed by atoms with van der Waals surface area (Å²) < 4.78 is 0. The molecule has 0 saturated carbocycles. The van der Waals surface area contributed by atoms with E-state index in [9.17, 15) is 9.59 Å². The van der Waals surface area contributed by atoms with Crippen LogP contribution in [0.3, 0.4) is 0 Å². The Hall–Kier alpha value is -3.54. The number of likely N-dealkylation sites (N-methyl/N-ethyl adjacent to an activating group) is 1. The minimum absolute atomic E-state index is 0.102. The third-order valence-electron chi connectivity index (χ3n) is 5.70. The molecule has 1 atom stereocenters. The second-order valence-electron chi connectivity index (χ2n) is 7.73. The van der Waals surface area contributed by atoms with Crippen LogP contribution in [0.25, 0.3) is 11.1 Å². The second kappa shape index (κ2) is 9.51. The Morgan fingerprint density at radius 2 is 1.90 bits per heavy atom. The van der Waals surface area contributed by atoms with Gasteiger partial charge < -0.3 is 9.80 Å². The lowest BCUT2D eigenvalue weighted by Crippen LogP contribution is -2.38. The van der Waals surface area contributed by atoms with Crippen LogP contribution in [-0.4, -0.2) is 57.8 Å². The van der Waals surface area contributed by atoms with Crippen LogP contribution in [0, 0.1) is 5.92 Å². The lowest BCUT2D eigenvalue weighted by molar-refractivity contribution is -0.134. The summed E-state index contributed by atoms with van der Waals surface area (Å²) in [5, 5.41) is 0. The van der Waals surface area contributed by atoms with E-state index in [0.29, 0.717) is 38.3 Å². The van der Waals surface area contributed by atoms with Gasteiger partial charge in [-0.05, 0) is 48.2 Å². The molecule has 3 aromatic rings. The SMILES string of the molecule is CCN1CCN(C(=O)c2ccccn2)C[C@H](Cc2cccc(-c3cccnc3)c2)C1=O. The zero-order valence-electron chi connectivity index (χ0n) is 17.6. The van der Waals surface area contributed by atoms with Crippen molar-refractivity contribution in [2.24, 2.45) is 5.92 Å². The van der Waals surface area contributed by atoms with Crippen molar-refractivity contribution >= 4 is 11.8 Å². The molecule has 1 aromatic carbocycles. The fraction of sp³-hybridized carbons (Fsp3) is 0.280. The van der Waals surface area contributed by atoms with E-state index in [4.69, 9.17) is 0 Å². The number of rotatable bonds is 5. The molecule has 0 spiro atoms. The molecule has 0 unspecified atom stereocenters. The Bertz CT molecular complexity index is 1040. The predicted octanol–water partition coefficient (Wildman–Crippen LogP) is 3.31. The van der Waals surface area contributed by atoms with Crippen molar-refractivity contribution in [3.63, 3.8) is 0 Å². The zero-order valence-corrected chi connectivity index (χ0v) is 17.6. The van der Waals surface area contributed by atoms with Crippen LogP contribution < -0.4 is 0 Å². The first-order chi connectivity index (χ1) is 15.2. The van der Waals surface area contributed by atoms with Crippen LogP contribution in [0.4, 0.5) is 0 Å². The summed E-state index contributed by atoms with van der Waals surface area (Å²) in [4.78, 5) is 38.2. The Morgan fingerprint density at radius 3 is 2.65 bits per heavy atom. The molecule has 0 N–H and O–H groups in total. The predicted molar refractivity (Wildman–Crippen MR) is 119 cm³/mol. The number of carbonyl (C=O) groups is 2. The average Bonchev–Trinajstić information content (AvgIpc) is 2.98. The van der Waals surface area contributed by atoms with E-state index in [-0.39, 0.29) is 17.7 Å². The first-order valence-electron chi connectivity index (χ1n) is 10.6. The summed E-state index contributed by atoms with van der Waals surface area (Å²) in [6.07, 6.45) is 5.79. The highest BCUT2D eigenvalue weighted by Gasteiger charge is 2.32. The van der Waals surface area contributed by atoms with E-state index in [1.54, 1.807) is 29.4 Å². The van der Waals surface area contributed by atoms with Crippen LogP contribution in [0.2, 0.25) is 0 Å². The van der Waals surface area contributed by atoms with Gasteiger partial charge in [0.2, 0.25) is 5.91 Å². The first-order valence-corrected chi connectivity index (χ1v) is 10.6. The van der Waals surface area contributed by atoms with E-state index in [2.05, 4.69) is 16.0 Å². The third kappa shape index (κ3) is 4.79. The molecule has 0 bridgehead atoms. The fourth-order valence-corrected chi connectivity index (χ4v) is 4.04. The highest BCUT2D eigenvalue weighted by atomic mass is 16.2. The van der Waals surface area contributed by atoms with Gasteiger partial charge in [0.1, 0.15) is 5.69 Å². The summed E-state index contributed by atoms with van der Waals surface area (Å²) in [6, 6.07) is 17.5. The van der Waals surface area contributed by atoms with Gasteiger partial charge in [0.15, 0.2) is 0 Å². The molecule has 6 heteroatoms. The summed E-state index contributed by atoms with van der Waals surface area (Å²) in [5.74, 6) is -0.315. The van der Waals surface area contributed by atoms with Gasteiger partial charge in [-0.1, -0.05) is 36.4 Å². The Labute approximate surface area is 182 Å². The standard InChI is InChI=1S/C25H26N4O2/c1-2-28-13-14-29(25(31)23-10-3-4-12-27-23)18-22(24(28)30)16-19-7-5-8-20(15-19)21-9-6-11-26-17-21/h3-12,15,17,22H,2,13-14,16,18H2,1H3/t22-/m0/s1. The molecule has 1 aliphatic rings. The Morgan fingerprint density at radius 1 is 1.03 bits per heavy atom. The lowest BCUT2D eigenvalue weighted by Gasteiger charge is -2.23. The number of nitrogens with zero attached hydrogens (tertiary/aromatic N) is 4. The molecule has 1 saturated heterocycles. The highest BCUT2D eigenvalue weighted by Crippen LogP contribution is 2.23. The molecule has 3 heterocycles. The molecule has 1 aliphatic heterocycles. The van der Waals surface area contributed by atoms with E-state index in [1.807, 2.05) is 54.4 Å². The van der Waals surface area contributed by atoms with E-state index >= 15 is 0 Å². The number of aromatic nitrogens is 2. The minimum atomic E-state index is -0.292. The van der Waals surface area contributed by atoms with Gasteiger partial charge in [-0.15, -0.1) is 0 Å². The summed E-state index contributed by atoms with van der Waals surface area (Å²) in [6.45, 7) is 4.06. The van der Waals surface area contributed by atoms with E-state index in [1.165, 1.54) is 0 Å². The second-order valence-corrected chi connectivity index (χ2v) is 7.73. The molecule has 2 amide bonds. The van der Waals surface area contributed by atoms with Crippen LogP contribution in [0.15, 0.2) is 73.2 Å². The van der Waals surface area contributed by atoms with Crippen molar-refractivity contribution in [1.82, 2.24) is 19.8 Å². The summed E-state index contributed by atoms with van der Waals surface area (Å²) in [5.41, 5.74) is 3.60. The van der Waals surface area contributed by atoms with Gasteiger partial charge in [0, 0.05) is 44.8 Å². The fourth-order valence-electron chi connectivity index (χ4n) is 4.04. The molecule has 0 aliphatic carbocycles. The van der Waals surface area contributed by atoms with Crippen molar-refractivity contribution in [2.45, 2.75) is 13.3 Å². The van der Waals surface area contributed by atoms with Crippen molar-refractivity contribution < 1.29 is 9.59 Å². The maximum atomic E-state index is 13.2. The molecule has 0 radical (unpaired) electrons. The summed E-state index contributed by atoms with van der Waals surface area (Å²) in [7, 11) is 0. The molecule has 2 aromatic heterocycles. The molecule has 31 heavy (non-hydrogen) atoms. The van der Waals surface area contributed by atoms with E-state index in [0.717, 1.165) is 16.7 Å². The molecule has 158 valence electrons. The number of hydrogen-bond acceptors (Lipinski definition) is 4. The van der Waals surface area contributed by atoms with Gasteiger partial charge in [0.25, 0.3) is 5.91 Å². The largest absolute Gasteiger partial charge is 0.341 e. The molecular formula is C25H26N4O2. The van der Waals surface area contributed by atoms with Gasteiger partial charge in [-0.3, -0.25) is 19.6 Å². The van der Waals surface area contributed by atoms with Crippen LogP contribution >= 0.6 is 0 Å². The zero-order chi connectivity index (χ0) is 21.6. The van der Waals surface area contributed by atoms with Crippen molar-refractivity contribution in [2.75, 3.05) is 26.2 Å². The maximum absolute atomic E-state index is 13.2. The maximum Gasteiger partial charge on any atom is 0.272 e. The molecular weight excluding hydrogens is 388 g/mol. The number of hydrogen-bond donors (Lipinski definition) is 0. The topological polar surface area (TPSA) is 66.4 Å². The molecule has 1 fully saturated rings. The summed E-state index contributed by atoms with van der Waals surface area (Å²) >= 11 is 0. The Balaban J connectivity index is 1.57. The van der Waals surface area contributed by atoms with Crippen LogP contribution in [0.5, 0.6) is 0 Å². The normalized spacial score (nSPS) is 16.8. The van der Waals surface area contributed by atoms with Gasteiger partial charge in [-0.2, -0.15) is 0 Å². The number of benzene rings is 1. The monoisotopic (exact) mass is 414 g/mol. The Kier molecular flexibility index (Phi) is 6.36. The van der Waals surface area contributed by atoms with Crippen LogP contribution in [-0.2, 0) is 11.2 Å². The average molecular weight is 415 g/mol. The van der Waals surface area contributed by atoms with Gasteiger partial charge >= 0.3 is 0 Å². The van der Waals surface area contributed by atoms with Crippen molar-refractivity contribution in [3.05, 3.63) is 84.4 Å². The van der Waals surface area contributed by atoms with E-state index < -0.39 is 0 Å². The van der Waals surface area contributed by atoms with Crippen LogP contribution in [0.1, 0.15) is 23.0 Å². The molecule has 6 nitrogen and oxygen atoms in total. The quantitative estimate of drug-likeness (QED) is 0.643.